The molecule has 8 nitrogen and oxygen atoms in total. The third kappa shape index (κ3) is 5.59. The Kier molecular flexibility index (Phi) is 9.73. The van der Waals surface area contributed by atoms with Crippen molar-refractivity contribution in [2.45, 2.75) is 25.9 Å². The molecule has 3 amide bonds. The highest BCUT2D eigenvalue weighted by Crippen LogP contribution is 2.40. The van der Waals surface area contributed by atoms with Crippen LogP contribution in [0.5, 0.6) is 0 Å². The molecule has 34 heavy (non-hydrogen) atoms. The van der Waals surface area contributed by atoms with Gasteiger partial charge in [0.15, 0.2) is 0 Å². The molecule has 2 aliphatic heterocycles. The Hall–Kier alpha value is -3.75. The minimum absolute atomic E-state index is 0.0868. The number of carbonyl (C=O) groups is 3. The van der Waals surface area contributed by atoms with Crippen molar-refractivity contribution in [2.75, 3.05) is 20.6 Å². The molecule has 1 aromatic heterocycles. The van der Waals surface area contributed by atoms with Crippen LogP contribution < -0.4 is 5.48 Å². The van der Waals surface area contributed by atoms with Gasteiger partial charge in [0, 0.05) is 43.8 Å². The number of aromatic nitrogens is 1. The number of likely N-dealkylation sites (N-methyl/N-ethyl adjacent to an activating group) is 1. The molecule has 8 heteroatoms. The van der Waals surface area contributed by atoms with E-state index in [4.69, 9.17) is 5.21 Å². The van der Waals surface area contributed by atoms with Crippen molar-refractivity contribution in [1.29, 1.82) is 0 Å². The zero-order valence-electron chi connectivity index (χ0n) is 19.9. The number of nitrogens with one attached hydrogen (secondary N) is 1. The Morgan fingerprint density at radius 2 is 1.88 bits per heavy atom. The minimum Gasteiger partial charge on any atom is -0.343 e. The number of hydrogen-bond acceptors (Lipinski definition) is 5. The van der Waals surface area contributed by atoms with Crippen molar-refractivity contribution < 1.29 is 19.6 Å². The van der Waals surface area contributed by atoms with Gasteiger partial charge in [-0.3, -0.25) is 14.5 Å². The first-order valence-corrected chi connectivity index (χ1v) is 10.9. The SMILES string of the molecule is C=C/C=C\C(=C)/C=C/C=O.CCn1c2c(c3ccccc31)C1CN(C2)C(=O)N(C)C1=O.CNO. The fraction of sp³-hybridized carbons (Fsp3) is 0.269. The van der Waals surface area contributed by atoms with Gasteiger partial charge in [0.1, 0.15) is 6.29 Å². The first-order valence-electron chi connectivity index (χ1n) is 10.9. The molecule has 0 radical (unpaired) electrons. The molecule has 1 fully saturated rings. The number of fused-ring (bicyclic) bond motifs is 6. The van der Waals surface area contributed by atoms with Gasteiger partial charge < -0.3 is 14.7 Å². The Bertz CT molecular complexity index is 1110. The monoisotopic (exact) mass is 464 g/mol. The number of imide groups is 1. The maximum atomic E-state index is 12.5. The molecule has 2 aliphatic rings. The molecule has 1 atom stereocenters. The molecule has 180 valence electrons. The second-order valence-corrected chi connectivity index (χ2v) is 7.62. The average Bonchev–Trinajstić information content (AvgIpc) is 3.17. The summed E-state index contributed by atoms with van der Waals surface area (Å²) in [5.41, 5.74) is 5.92. The van der Waals surface area contributed by atoms with Crippen molar-refractivity contribution >= 4 is 29.1 Å². The smallest absolute Gasteiger partial charge is 0.326 e. The number of rotatable bonds is 5. The van der Waals surface area contributed by atoms with E-state index in [0.717, 1.165) is 34.3 Å². The van der Waals surface area contributed by atoms with Crippen LogP contribution in [0.2, 0.25) is 0 Å². The fourth-order valence-corrected chi connectivity index (χ4v) is 4.16. The number of hydrogen-bond donors (Lipinski definition) is 2. The molecule has 3 heterocycles. The lowest BCUT2D eigenvalue weighted by Crippen LogP contribution is -2.56. The quantitative estimate of drug-likeness (QED) is 0.304. The number of amides is 3. The highest BCUT2D eigenvalue weighted by atomic mass is 16.5. The standard InChI is InChI=1S/C16H17N3O2.C9H10O.CH5NO/c1-3-19-12-7-5-4-6-10(12)14-11-8-18(9-13(14)19)16(21)17(2)15(11)20;1-3-4-6-9(2)7-5-8-10;1-2-3/h4-7,11H,3,8-9H2,1-2H3;3-8H,1-2H2;2-3H,1H3/b;6-4-,7-5+;. The molecular formula is C26H32N4O4. The molecule has 1 saturated heterocycles. The van der Waals surface area contributed by atoms with E-state index in [1.165, 1.54) is 18.0 Å². The first-order chi connectivity index (χ1) is 16.4. The molecule has 1 aromatic carbocycles. The molecule has 2 N–H and O–H groups in total. The third-order valence-corrected chi connectivity index (χ3v) is 5.55. The van der Waals surface area contributed by atoms with Crippen LogP contribution in [-0.2, 0) is 22.7 Å². The lowest BCUT2D eigenvalue weighted by atomic mass is 9.89. The molecular weight excluding hydrogens is 432 g/mol. The second kappa shape index (κ2) is 12.5. The van der Waals surface area contributed by atoms with Crippen molar-refractivity contribution in [2.24, 2.45) is 0 Å². The van der Waals surface area contributed by atoms with Crippen LogP contribution in [0, 0.1) is 0 Å². The molecule has 4 rings (SSSR count). The minimum atomic E-state index is -0.228. The summed E-state index contributed by atoms with van der Waals surface area (Å²) in [6, 6.07) is 8.02. The van der Waals surface area contributed by atoms with Crippen molar-refractivity contribution in [1.82, 2.24) is 19.8 Å². The van der Waals surface area contributed by atoms with E-state index in [2.05, 4.69) is 36.8 Å². The summed E-state index contributed by atoms with van der Waals surface area (Å²) in [4.78, 5) is 37.6. The van der Waals surface area contributed by atoms with Crippen LogP contribution in [-0.4, -0.2) is 58.4 Å². The summed E-state index contributed by atoms with van der Waals surface area (Å²) in [5.74, 6) is -0.314. The summed E-state index contributed by atoms with van der Waals surface area (Å²) in [6.07, 6.45) is 8.93. The molecule has 0 aliphatic carbocycles. The maximum Gasteiger partial charge on any atom is 0.326 e. The predicted molar refractivity (Wildman–Crippen MR) is 133 cm³/mol. The van der Waals surface area contributed by atoms with Gasteiger partial charge in [-0.2, -0.15) is 0 Å². The third-order valence-electron chi connectivity index (χ3n) is 5.55. The Labute approximate surface area is 200 Å². The van der Waals surface area contributed by atoms with Crippen molar-refractivity contribution in [3.8, 4) is 0 Å². The van der Waals surface area contributed by atoms with E-state index in [0.29, 0.717) is 19.4 Å². The van der Waals surface area contributed by atoms with Gasteiger partial charge in [-0.05, 0) is 30.2 Å². The number of urea groups is 1. The first kappa shape index (κ1) is 26.5. The molecule has 0 saturated carbocycles. The summed E-state index contributed by atoms with van der Waals surface area (Å²) >= 11 is 0. The summed E-state index contributed by atoms with van der Waals surface area (Å²) in [5, 5.41) is 8.47. The van der Waals surface area contributed by atoms with Crippen molar-refractivity contribution in [3.05, 3.63) is 84.6 Å². The highest BCUT2D eigenvalue weighted by molar-refractivity contribution is 6.04. The van der Waals surface area contributed by atoms with E-state index in [9.17, 15) is 14.4 Å². The molecule has 2 aromatic rings. The Morgan fingerprint density at radius 1 is 1.24 bits per heavy atom. The zero-order chi connectivity index (χ0) is 25.3. The van der Waals surface area contributed by atoms with Gasteiger partial charge in [-0.25, -0.2) is 10.3 Å². The number of benzene rings is 1. The van der Waals surface area contributed by atoms with Crippen LogP contribution in [0.15, 0.2) is 73.4 Å². The van der Waals surface area contributed by atoms with Gasteiger partial charge >= 0.3 is 6.03 Å². The number of para-hydroxylation sites is 1. The topological polar surface area (TPSA) is 94.9 Å². The normalized spacial score (nSPS) is 16.6. The Morgan fingerprint density at radius 3 is 2.50 bits per heavy atom. The number of carbonyl (C=O) groups excluding carboxylic acids is 3. The number of nitrogens with zero attached hydrogens (tertiary/aromatic N) is 3. The van der Waals surface area contributed by atoms with Crippen LogP contribution in [0.3, 0.4) is 0 Å². The van der Waals surface area contributed by atoms with E-state index in [-0.39, 0.29) is 17.9 Å². The van der Waals surface area contributed by atoms with Crippen molar-refractivity contribution in [3.63, 3.8) is 0 Å². The molecule has 0 spiro atoms. The summed E-state index contributed by atoms with van der Waals surface area (Å²) in [7, 11) is 3.01. The molecule has 1 unspecified atom stereocenters. The zero-order valence-corrected chi connectivity index (χ0v) is 19.9. The van der Waals surface area contributed by atoms with Gasteiger partial charge in [-0.1, -0.05) is 55.7 Å². The van der Waals surface area contributed by atoms with Gasteiger partial charge in [0.05, 0.1) is 12.5 Å². The largest absolute Gasteiger partial charge is 0.343 e. The van der Waals surface area contributed by atoms with Gasteiger partial charge in [0.2, 0.25) is 5.91 Å². The summed E-state index contributed by atoms with van der Waals surface area (Å²) < 4.78 is 2.23. The van der Waals surface area contributed by atoms with E-state index in [1.807, 2.05) is 12.1 Å². The Balaban J connectivity index is 0.000000267. The van der Waals surface area contributed by atoms with Crippen LogP contribution in [0.1, 0.15) is 24.1 Å². The number of aryl methyl sites for hydroxylation is 1. The summed E-state index contributed by atoms with van der Waals surface area (Å²) in [6.45, 7) is 11.2. The highest BCUT2D eigenvalue weighted by Gasteiger charge is 2.44. The maximum absolute atomic E-state index is 12.5. The fourth-order valence-electron chi connectivity index (χ4n) is 4.16. The van der Waals surface area contributed by atoms with Crippen LogP contribution in [0.25, 0.3) is 10.9 Å². The molecule has 2 bridgehead atoms. The lowest BCUT2D eigenvalue weighted by molar-refractivity contribution is -0.132. The van der Waals surface area contributed by atoms with E-state index in [1.54, 1.807) is 41.7 Å². The average molecular weight is 465 g/mol. The van der Waals surface area contributed by atoms with Crippen LogP contribution >= 0.6 is 0 Å². The van der Waals surface area contributed by atoms with Gasteiger partial charge in [-0.15, -0.1) is 0 Å². The number of aldehydes is 1. The second-order valence-electron chi connectivity index (χ2n) is 7.62. The lowest BCUT2D eigenvalue weighted by Gasteiger charge is -2.41. The van der Waals surface area contributed by atoms with Gasteiger partial charge in [0.25, 0.3) is 0 Å². The predicted octanol–water partition coefficient (Wildman–Crippen LogP) is 3.79. The van der Waals surface area contributed by atoms with Crippen LogP contribution in [0.4, 0.5) is 4.79 Å². The van der Waals surface area contributed by atoms with E-state index < -0.39 is 0 Å². The number of hydroxylamine groups is 1. The number of allylic oxidation sites excluding steroid dienone is 6. The van der Waals surface area contributed by atoms with E-state index >= 15 is 0 Å².